The summed E-state index contributed by atoms with van der Waals surface area (Å²) in [4.78, 5) is 4.58. The highest BCUT2D eigenvalue weighted by molar-refractivity contribution is 7.09. The molecular weight excluding hydrogens is 288 g/mol. The van der Waals surface area contributed by atoms with Gasteiger partial charge in [0.25, 0.3) is 0 Å². The van der Waals surface area contributed by atoms with Crippen molar-refractivity contribution < 1.29 is 0 Å². The van der Waals surface area contributed by atoms with Gasteiger partial charge in [-0.2, -0.15) is 0 Å². The summed E-state index contributed by atoms with van der Waals surface area (Å²) in [7, 11) is 0. The molecule has 0 amide bonds. The Morgan fingerprint density at radius 2 is 2.15 bits per heavy atom. The first-order valence-electron chi connectivity index (χ1n) is 7.00. The molecule has 1 heterocycles. The van der Waals surface area contributed by atoms with Crippen molar-refractivity contribution in [2.45, 2.75) is 39.7 Å². The summed E-state index contributed by atoms with van der Waals surface area (Å²) in [5.41, 5.74) is 3.52. The predicted octanol–water partition coefficient (Wildman–Crippen LogP) is 4.70. The van der Waals surface area contributed by atoms with Gasteiger partial charge in [0.1, 0.15) is 0 Å². The largest absolute Gasteiger partial charge is 0.310 e. The molecule has 1 N–H and O–H groups in total. The highest BCUT2D eigenvalue weighted by Crippen LogP contribution is 2.24. The van der Waals surface area contributed by atoms with E-state index in [4.69, 9.17) is 11.6 Å². The Morgan fingerprint density at radius 3 is 2.75 bits per heavy atom. The summed E-state index contributed by atoms with van der Waals surface area (Å²) in [5, 5.41) is 7.74. The monoisotopic (exact) mass is 308 g/mol. The lowest BCUT2D eigenvalue weighted by molar-refractivity contribution is 0.528. The number of benzene rings is 1. The van der Waals surface area contributed by atoms with E-state index >= 15 is 0 Å². The van der Waals surface area contributed by atoms with E-state index in [1.807, 2.05) is 13.0 Å². The molecule has 2 rings (SSSR count). The van der Waals surface area contributed by atoms with Crippen LogP contribution in [0.1, 0.15) is 41.2 Å². The van der Waals surface area contributed by atoms with Crippen molar-refractivity contribution in [1.29, 1.82) is 0 Å². The van der Waals surface area contributed by atoms with E-state index in [0.717, 1.165) is 35.7 Å². The maximum atomic E-state index is 6.12. The normalized spacial score (nSPS) is 12.6. The van der Waals surface area contributed by atoms with Gasteiger partial charge >= 0.3 is 0 Å². The van der Waals surface area contributed by atoms with Crippen LogP contribution in [-0.4, -0.2) is 11.5 Å². The smallest absolute Gasteiger partial charge is 0.0947 e. The molecule has 0 spiro atoms. The Bertz CT molecular complexity index is 565. The molecule has 0 saturated heterocycles. The predicted molar refractivity (Wildman–Crippen MR) is 87.8 cm³/mol. The lowest BCUT2D eigenvalue weighted by Gasteiger charge is -2.19. The minimum Gasteiger partial charge on any atom is -0.310 e. The number of hydrogen-bond acceptors (Lipinski definition) is 3. The minimum atomic E-state index is 0.302. The van der Waals surface area contributed by atoms with Crippen LogP contribution >= 0.6 is 22.9 Å². The molecule has 0 radical (unpaired) electrons. The van der Waals surface area contributed by atoms with E-state index in [2.05, 4.69) is 41.7 Å². The zero-order chi connectivity index (χ0) is 14.5. The van der Waals surface area contributed by atoms with Crippen LogP contribution in [0.2, 0.25) is 5.02 Å². The SMILES string of the molecule is CCCNC(Cc1nc(C)cs1)c1ccc(Cl)c(C)c1. The van der Waals surface area contributed by atoms with Gasteiger partial charge in [0.05, 0.1) is 5.01 Å². The second-order valence-electron chi connectivity index (χ2n) is 5.10. The van der Waals surface area contributed by atoms with Gasteiger partial charge in [-0.1, -0.05) is 30.7 Å². The average Bonchev–Trinajstić information content (AvgIpc) is 2.83. The van der Waals surface area contributed by atoms with E-state index in [-0.39, 0.29) is 0 Å². The van der Waals surface area contributed by atoms with Crippen LogP contribution < -0.4 is 5.32 Å². The van der Waals surface area contributed by atoms with Crippen LogP contribution in [0.15, 0.2) is 23.6 Å². The first-order chi connectivity index (χ1) is 9.60. The van der Waals surface area contributed by atoms with Gasteiger partial charge in [0.15, 0.2) is 0 Å². The van der Waals surface area contributed by atoms with Gasteiger partial charge in [-0.15, -0.1) is 11.3 Å². The van der Waals surface area contributed by atoms with Crippen molar-refractivity contribution in [3.8, 4) is 0 Å². The number of hydrogen-bond donors (Lipinski definition) is 1. The molecule has 0 aliphatic heterocycles. The molecule has 1 aromatic heterocycles. The second-order valence-corrected chi connectivity index (χ2v) is 6.45. The summed E-state index contributed by atoms with van der Waals surface area (Å²) >= 11 is 7.86. The number of nitrogens with one attached hydrogen (secondary N) is 1. The zero-order valence-corrected chi connectivity index (χ0v) is 13.8. The summed E-state index contributed by atoms with van der Waals surface area (Å²) < 4.78 is 0. The van der Waals surface area contributed by atoms with Crippen LogP contribution in [0, 0.1) is 13.8 Å². The van der Waals surface area contributed by atoms with Crippen molar-refractivity contribution in [2.24, 2.45) is 0 Å². The van der Waals surface area contributed by atoms with Gasteiger partial charge < -0.3 is 5.32 Å². The Hall–Kier alpha value is -0.900. The van der Waals surface area contributed by atoms with Gasteiger partial charge in [-0.25, -0.2) is 4.98 Å². The maximum absolute atomic E-state index is 6.12. The molecular formula is C16H21ClN2S. The fraction of sp³-hybridized carbons (Fsp3) is 0.438. The van der Waals surface area contributed by atoms with Crippen LogP contribution in [0.5, 0.6) is 0 Å². The first-order valence-corrected chi connectivity index (χ1v) is 8.26. The Morgan fingerprint density at radius 1 is 1.35 bits per heavy atom. The molecule has 1 atom stereocenters. The number of aryl methyl sites for hydroxylation is 2. The molecule has 2 aromatic rings. The minimum absolute atomic E-state index is 0.302. The number of aromatic nitrogens is 1. The molecule has 0 fully saturated rings. The molecule has 20 heavy (non-hydrogen) atoms. The van der Waals surface area contributed by atoms with E-state index in [0.29, 0.717) is 6.04 Å². The van der Waals surface area contributed by atoms with E-state index in [1.165, 1.54) is 10.6 Å². The lowest BCUT2D eigenvalue weighted by Crippen LogP contribution is -2.24. The van der Waals surface area contributed by atoms with Crippen LogP contribution in [0.4, 0.5) is 0 Å². The third kappa shape index (κ3) is 4.05. The van der Waals surface area contributed by atoms with Crippen molar-refractivity contribution in [3.05, 3.63) is 50.4 Å². The average molecular weight is 309 g/mol. The molecule has 1 unspecified atom stereocenters. The third-order valence-electron chi connectivity index (χ3n) is 3.27. The molecule has 2 nitrogen and oxygen atoms in total. The van der Waals surface area contributed by atoms with Crippen molar-refractivity contribution in [3.63, 3.8) is 0 Å². The van der Waals surface area contributed by atoms with Crippen LogP contribution in [0.3, 0.4) is 0 Å². The third-order valence-corrected chi connectivity index (χ3v) is 4.68. The Balaban J connectivity index is 2.19. The molecule has 0 saturated carbocycles. The molecule has 108 valence electrons. The standard InChI is InChI=1S/C16H21ClN2S/c1-4-7-18-15(9-16-19-12(3)10-20-16)13-5-6-14(17)11(2)8-13/h5-6,8,10,15,18H,4,7,9H2,1-3H3. The Labute approximate surface area is 130 Å². The summed E-state index contributed by atoms with van der Waals surface area (Å²) in [6.07, 6.45) is 2.06. The topological polar surface area (TPSA) is 24.9 Å². The fourth-order valence-corrected chi connectivity index (χ4v) is 3.12. The number of rotatable bonds is 6. The molecule has 1 aromatic carbocycles. The second kappa shape index (κ2) is 7.21. The highest BCUT2D eigenvalue weighted by Gasteiger charge is 2.14. The first kappa shape index (κ1) is 15.5. The van der Waals surface area contributed by atoms with Crippen LogP contribution in [0.25, 0.3) is 0 Å². The molecule has 0 aliphatic rings. The van der Waals surface area contributed by atoms with Crippen molar-refractivity contribution in [2.75, 3.05) is 6.54 Å². The van der Waals surface area contributed by atoms with Crippen molar-refractivity contribution >= 4 is 22.9 Å². The number of halogens is 1. The zero-order valence-electron chi connectivity index (χ0n) is 12.2. The van der Waals surface area contributed by atoms with Gasteiger partial charge in [0.2, 0.25) is 0 Å². The van der Waals surface area contributed by atoms with Gasteiger partial charge in [0, 0.05) is 28.6 Å². The number of nitrogens with zero attached hydrogens (tertiary/aromatic N) is 1. The van der Waals surface area contributed by atoms with E-state index < -0.39 is 0 Å². The van der Waals surface area contributed by atoms with Crippen molar-refractivity contribution in [1.82, 2.24) is 10.3 Å². The quantitative estimate of drug-likeness (QED) is 0.837. The number of thiazole rings is 1. The van der Waals surface area contributed by atoms with Crippen LogP contribution in [-0.2, 0) is 6.42 Å². The van der Waals surface area contributed by atoms with E-state index in [1.54, 1.807) is 11.3 Å². The Kier molecular flexibility index (Phi) is 5.58. The highest BCUT2D eigenvalue weighted by atomic mass is 35.5. The van der Waals surface area contributed by atoms with Gasteiger partial charge in [-0.3, -0.25) is 0 Å². The molecule has 4 heteroatoms. The lowest BCUT2D eigenvalue weighted by atomic mass is 10.0. The summed E-state index contributed by atoms with van der Waals surface area (Å²) in [6.45, 7) is 7.29. The van der Waals surface area contributed by atoms with E-state index in [9.17, 15) is 0 Å². The summed E-state index contributed by atoms with van der Waals surface area (Å²) in [5.74, 6) is 0. The maximum Gasteiger partial charge on any atom is 0.0947 e. The summed E-state index contributed by atoms with van der Waals surface area (Å²) in [6, 6.07) is 6.58. The fourth-order valence-electron chi connectivity index (χ4n) is 2.18. The molecule has 0 bridgehead atoms. The molecule has 0 aliphatic carbocycles. The van der Waals surface area contributed by atoms with Gasteiger partial charge in [-0.05, 0) is 44.0 Å².